The van der Waals surface area contributed by atoms with Crippen LogP contribution in [0.5, 0.6) is 0 Å². The minimum Gasteiger partial charge on any atom is -0.281 e. The van der Waals surface area contributed by atoms with E-state index in [1.807, 2.05) is 0 Å². The van der Waals surface area contributed by atoms with Gasteiger partial charge in [0.25, 0.3) is 0 Å². The van der Waals surface area contributed by atoms with Crippen molar-refractivity contribution in [3.63, 3.8) is 0 Å². The van der Waals surface area contributed by atoms with Gasteiger partial charge in [0.15, 0.2) is 0 Å². The molecule has 102 valence electrons. The minimum atomic E-state index is -3.59. The lowest BCUT2D eigenvalue weighted by atomic mass is 10.2. The molecule has 0 saturated heterocycles. The molecule has 0 bridgehead atoms. The summed E-state index contributed by atoms with van der Waals surface area (Å²) < 4.78 is 38.6. The van der Waals surface area contributed by atoms with E-state index in [4.69, 9.17) is 0 Å². The SMILES string of the molecule is Cc1[nH]ncc1S(=O)(=O)N(C)Cc1ccc(F)cc1. The molecule has 0 spiro atoms. The predicted molar refractivity (Wildman–Crippen MR) is 68.4 cm³/mol. The Kier molecular flexibility index (Phi) is 3.68. The number of aromatic amines is 1. The number of nitrogens with one attached hydrogen (secondary N) is 1. The summed E-state index contributed by atoms with van der Waals surface area (Å²) in [7, 11) is -2.11. The van der Waals surface area contributed by atoms with Gasteiger partial charge in [-0.15, -0.1) is 0 Å². The fourth-order valence-electron chi connectivity index (χ4n) is 1.70. The lowest BCUT2D eigenvalue weighted by Crippen LogP contribution is -2.26. The summed E-state index contributed by atoms with van der Waals surface area (Å²) in [4.78, 5) is 0.150. The Labute approximate surface area is 111 Å². The first-order valence-electron chi connectivity index (χ1n) is 5.62. The molecule has 19 heavy (non-hydrogen) atoms. The van der Waals surface area contributed by atoms with E-state index in [2.05, 4.69) is 10.2 Å². The van der Waals surface area contributed by atoms with E-state index in [1.54, 1.807) is 19.1 Å². The van der Waals surface area contributed by atoms with Gasteiger partial charge in [-0.1, -0.05) is 12.1 Å². The van der Waals surface area contributed by atoms with Crippen LogP contribution >= 0.6 is 0 Å². The molecule has 0 amide bonds. The number of sulfonamides is 1. The summed E-state index contributed by atoms with van der Waals surface area (Å²) in [5, 5.41) is 6.30. The van der Waals surface area contributed by atoms with Gasteiger partial charge in [-0.2, -0.15) is 9.40 Å². The first-order chi connectivity index (χ1) is 8.91. The topological polar surface area (TPSA) is 66.1 Å². The fraction of sp³-hybridized carbons (Fsp3) is 0.250. The van der Waals surface area contributed by atoms with Gasteiger partial charge >= 0.3 is 0 Å². The molecular weight excluding hydrogens is 269 g/mol. The maximum absolute atomic E-state index is 12.8. The lowest BCUT2D eigenvalue weighted by molar-refractivity contribution is 0.466. The molecule has 1 heterocycles. The van der Waals surface area contributed by atoms with Gasteiger partial charge in [-0.25, -0.2) is 12.8 Å². The first kappa shape index (κ1) is 13.7. The van der Waals surface area contributed by atoms with Gasteiger partial charge in [0.05, 0.1) is 11.9 Å². The van der Waals surface area contributed by atoms with Gasteiger partial charge in [-0.3, -0.25) is 5.10 Å². The Bertz CT molecular complexity index is 665. The lowest BCUT2D eigenvalue weighted by Gasteiger charge is -2.16. The molecule has 0 aliphatic rings. The van der Waals surface area contributed by atoms with E-state index in [0.29, 0.717) is 11.3 Å². The van der Waals surface area contributed by atoms with Crippen molar-refractivity contribution in [1.29, 1.82) is 0 Å². The molecule has 2 aromatic rings. The summed E-state index contributed by atoms with van der Waals surface area (Å²) in [6.07, 6.45) is 1.28. The van der Waals surface area contributed by atoms with Crippen LogP contribution in [0.25, 0.3) is 0 Å². The van der Waals surface area contributed by atoms with Crippen LogP contribution in [0.2, 0.25) is 0 Å². The van der Waals surface area contributed by atoms with E-state index < -0.39 is 10.0 Å². The van der Waals surface area contributed by atoms with E-state index in [1.165, 1.54) is 29.7 Å². The molecule has 1 aromatic heterocycles. The second-order valence-corrected chi connectivity index (χ2v) is 6.26. The molecule has 7 heteroatoms. The summed E-state index contributed by atoms with van der Waals surface area (Å²) in [5.74, 6) is -0.347. The number of benzene rings is 1. The zero-order valence-corrected chi connectivity index (χ0v) is 11.4. The normalized spacial score (nSPS) is 12.0. The Hall–Kier alpha value is -1.73. The molecule has 0 aliphatic carbocycles. The third-order valence-corrected chi connectivity index (χ3v) is 4.71. The Balaban J connectivity index is 2.22. The Morgan fingerprint density at radius 3 is 2.47 bits per heavy atom. The highest BCUT2D eigenvalue weighted by atomic mass is 32.2. The number of hydrogen-bond acceptors (Lipinski definition) is 3. The maximum Gasteiger partial charge on any atom is 0.246 e. The summed E-state index contributed by atoms with van der Waals surface area (Å²) >= 11 is 0. The van der Waals surface area contributed by atoms with Gasteiger partial charge in [0, 0.05) is 13.6 Å². The third kappa shape index (κ3) is 2.82. The summed E-state index contributed by atoms with van der Waals surface area (Å²) in [6, 6.07) is 5.73. The van der Waals surface area contributed by atoms with Crippen LogP contribution in [0.1, 0.15) is 11.3 Å². The highest BCUT2D eigenvalue weighted by Crippen LogP contribution is 2.18. The van der Waals surface area contributed by atoms with E-state index in [-0.39, 0.29) is 17.3 Å². The smallest absolute Gasteiger partial charge is 0.246 e. The molecule has 2 rings (SSSR count). The highest BCUT2D eigenvalue weighted by Gasteiger charge is 2.24. The number of aromatic nitrogens is 2. The average molecular weight is 283 g/mol. The van der Waals surface area contributed by atoms with Crippen LogP contribution in [-0.2, 0) is 16.6 Å². The van der Waals surface area contributed by atoms with E-state index >= 15 is 0 Å². The molecule has 0 saturated carbocycles. The molecule has 5 nitrogen and oxygen atoms in total. The van der Waals surface area contributed by atoms with Crippen LogP contribution in [0.3, 0.4) is 0 Å². The molecule has 1 aromatic carbocycles. The number of nitrogens with zero attached hydrogens (tertiary/aromatic N) is 2. The van der Waals surface area contributed by atoms with Crippen molar-refractivity contribution in [3.05, 3.63) is 47.5 Å². The van der Waals surface area contributed by atoms with Crippen LogP contribution in [0, 0.1) is 12.7 Å². The monoisotopic (exact) mass is 283 g/mol. The van der Waals surface area contributed by atoms with Crippen molar-refractivity contribution >= 4 is 10.0 Å². The second kappa shape index (κ2) is 5.10. The zero-order valence-electron chi connectivity index (χ0n) is 10.6. The van der Waals surface area contributed by atoms with Crippen LogP contribution < -0.4 is 0 Å². The van der Waals surface area contributed by atoms with Crippen molar-refractivity contribution in [2.45, 2.75) is 18.4 Å². The van der Waals surface area contributed by atoms with Gasteiger partial charge in [0.2, 0.25) is 10.0 Å². The van der Waals surface area contributed by atoms with Crippen molar-refractivity contribution in [3.8, 4) is 0 Å². The molecule has 0 fully saturated rings. The standard InChI is InChI=1S/C12H14FN3O2S/c1-9-12(7-14-15-9)19(17,18)16(2)8-10-3-5-11(13)6-4-10/h3-7H,8H2,1-2H3,(H,14,15). The predicted octanol–water partition coefficient (Wildman–Crippen LogP) is 1.68. The molecule has 0 radical (unpaired) electrons. The quantitative estimate of drug-likeness (QED) is 0.928. The summed E-state index contributed by atoms with van der Waals surface area (Å²) in [5.41, 5.74) is 1.21. The number of aryl methyl sites for hydroxylation is 1. The number of halogens is 1. The van der Waals surface area contributed by atoms with Gasteiger partial charge < -0.3 is 0 Å². The van der Waals surface area contributed by atoms with E-state index in [0.717, 1.165) is 0 Å². The van der Waals surface area contributed by atoms with Gasteiger partial charge in [0.1, 0.15) is 10.7 Å². The number of H-pyrrole nitrogens is 1. The molecule has 0 aliphatic heterocycles. The second-order valence-electron chi connectivity index (χ2n) is 4.25. The zero-order chi connectivity index (χ0) is 14.0. The first-order valence-corrected chi connectivity index (χ1v) is 7.06. The Morgan fingerprint density at radius 1 is 1.32 bits per heavy atom. The molecule has 0 unspecified atom stereocenters. The Morgan fingerprint density at radius 2 is 1.95 bits per heavy atom. The van der Waals surface area contributed by atoms with E-state index in [9.17, 15) is 12.8 Å². The largest absolute Gasteiger partial charge is 0.281 e. The number of rotatable bonds is 4. The molecular formula is C12H14FN3O2S. The molecule has 0 atom stereocenters. The van der Waals surface area contributed by atoms with Crippen LogP contribution in [-0.4, -0.2) is 30.0 Å². The third-order valence-electron chi connectivity index (χ3n) is 2.79. The maximum atomic E-state index is 12.8. The van der Waals surface area contributed by atoms with Crippen molar-refractivity contribution in [2.75, 3.05) is 7.05 Å². The van der Waals surface area contributed by atoms with Crippen molar-refractivity contribution in [1.82, 2.24) is 14.5 Å². The minimum absolute atomic E-state index is 0.150. The summed E-state index contributed by atoms with van der Waals surface area (Å²) in [6.45, 7) is 1.82. The van der Waals surface area contributed by atoms with Crippen molar-refractivity contribution in [2.24, 2.45) is 0 Å². The fourth-order valence-corrected chi connectivity index (χ4v) is 2.97. The van der Waals surface area contributed by atoms with Gasteiger partial charge in [-0.05, 0) is 24.6 Å². The number of hydrogen-bond donors (Lipinski definition) is 1. The highest BCUT2D eigenvalue weighted by molar-refractivity contribution is 7.89. The van der Waals surface area contributed by atoms with Crippen LogP contribution in [0.4, 0.5) is 4.39 Å². The van der Waals surface area contributed by atoms with Crippen molar-refractivity contribution < 1.29 is 12.8 Å². The molecule has 1 N–H and O–H groups in total. The average Bonchev–Trinajstić information content (AvgIpc) is 2.79. The van der Waals surface area contributed by atoms with Crippen LogP contribution in [0.15, 0.2) is 35.4 Å².